The third-order valence-electron chi connectivity index (χ3n) is 4.75. The Kier molecular flexibility index (Phi) is 4.69. The van der Waals surface area contributed by atoms with Crippen LogP contribution < -0.4 is 0 Å². The van der Waals surface area contributed by atoms with Gasteiger partial charge in [0.15, 0.2) is 0 Å². The van der Waals surface area contributed by atoms with Crippen LogP contribution in [0.3, 0.4) is 0 Å². The lowest BCUT2D eigenvalue weighted by atomic mass is 10.0. The first-order chi connectivity index (χ1) is 11.5. The van der Waals surface area contributed by atoms with Crippen molar-refractivity contribution in [1.29, 1.82) is 0 Å². The van der Waals surface area contributed by atoms with Crippen molar-refractivity contribution in [2.75, 3.05) is 20.1 Å². The Morgan fingerprint density at radius 2 is 2.12 bits per heavy atom. The summed E-state index contributed by atoms with van der Waals surface area (Å²) in [6.45, 7) is 5.69. The molecule has 2 aliphatic heterocycles. The van der Waals surface area contributed by atoms with Gasteiger partial charge in [-0.3, -0.25) is 9.59 Å². The summed E-state index contributed by atoms with van der Waals surface area (Å²) in [6, 6.07) is 0.256. The van der Waals surface area contributed by atoms with Gasteiger partial charge in [0.25, 0.3) is 5.91 Å². The predicted molar refractivity (Wildman–Crippen MR) is 90.6 cm³/mol. The Hall–Kier alpha value is -2.18. The molecule has 2 amide bonds. The van der Waals surface area contributed by atoms with Crippen LogP contribution in [0.1, 0.15) is 57.3 Å². The molecule has 1 saturated heterocycles. The maximum Gasteiger partial charge on any atom is 0.270 e. The lowest BCUT2D eigenvalue weighted by molar-refractivity contribution is -0.131. The van der Waals surface area contributed by atoms with E-state index in [2.05, 4.69) is 28.5 Å². The van der Waals surface area contributed by atoms with Crippen LogP contribution in [0.4, 0.5) is 0 Å². The van der Waals surface area contributed by atoms with E-state index in [1.807, 2.05) is 17.3 Å². The van der Waals surface area contributed by atoms with Gasteiger partial charge in [-0.25, -0.2) is 9.99 Å². The zero-order chi connectivity index (χ0) is 17.3. The van der Waals surface area contributed by atoms with E-state index in [1.165, 1.54) is 5.01 Å². The van der Waals surface area contributed by atoms with Gasteiger partial charge in [0.1, 0.15) is 11.5 Å². The van der Waals surface area contributed by atoms with Crippen LogP contribution in [0, 0.1) is 0 Å². The van der Waals surface area contributed by atoms with Crippen LogP contribution in [0.15, 0.2) is 17.5 Å². The molecule has 0 radical (unpaired) electrons. The third-order valence-corrected chi connectivity index (χ3v) is 4.75. The van der Waals surface area contributed by atoms with Crippen molar-refractivity contribution < 1.29 is 9.59 Å². The molecule has 0 saturated carbocycles. The first kappa shape index (κ1) is 16.7. The van der Waals surface area contributed by atoms with E-state index >= 15 is 0 Å². The van der Waals surface area contributed by atoms with Gasteiger partial charge < -0.3 is 9.47 Å². The van der Waals surface area contributed by atoms with Crippen molar-refractivity contribution in [3.05, 3.63) is 18.2 Å². The molecule has 1 fully saturated rings. The smallest absolute Gasteiger partial charge is 0.270 e. The molecule has 1 atom stereocenters. The highest BCUT2D eigenvalue weighted by Gasteiger charge is 2.30. The Morgan fingerprint density at radius 3 is 2.83 bits per heavy atom. The number of hydrogen-bond acceptors (Lipinski definition) is 4. The molecule has 1 aromatic rings. The zero-order valence-electron chi connectivity index (χ0n) is 14.6. The van der Waals surface area contributed by atoms with Gasteiger partial charge in [0.2, 0.25) is 5.91 Å². The molecule has 0 N–H and O–H groups in total. The quantitative estimate of drug-likeness (QED) is 0.847. The lowest BCUT2D eigenvalue weighted by Gasteiger charge is -2.35. The molecule has 2 aliphatic rings. The summed E-state index contributed by atoms with van der Waals surface area (Å²) in [5.41, 5.74) is 0.493. The van der Waals surface area contributed by atoms with Gasteiger partial charge in [-0.15, -0.1) is 0 Å². The molecule has 0 spiro atoms. The van der Waals surface area contributed by atoms with Gasteiger partial charge in [-0.2, -0.15) is 5.10 Å². The SMILES string of the molecule is CC(C)c1nccn1[C@H]1CCCN(C(=O)C2=NN(C)C(=O)CC2)C1. The molecule has 0 unspecified atom stereocenters. The number of carbonyl (C=O) groups excluding carboxylic acids is 2. The van der Waals surface area contributed by atoms with Crippen LogP contribution in [-0.4, -0.2) is 57.1 Å². The van der Waals surface area contributed by atoms with Gasteiger partial charge in [0, 0.05) is 51.3 Å². The average molecular weight is 331 g/mol. The van der Waals surface area contributed by atoms with Crippen molar-refractivity contribution in [1.82, 2.24) is 19.5 Å². The maximum atomic E-state index is 12.8. The third kappa shape index (κ3) is 3.20. The van der Waals surface area contributed by atoms with Crippen molar-refractivity contribution >= 4 is 17.5 Å². The number of nitrogens with zero attached hydrogens (tertiary/aromatic N) is 5. The van der Waals surface area contributed by atoms with E-state index in [-0.39, 0.29) is 17.9 Å². The summed E-state index contributed by atoms with van der Waals surface area (Å²) in [7, 11) is 1.61. The van der Waals surface area contributed by atoms with Crippen LogP contribution in [0.2, 0.25) is 0 Å². The van der Waals surface area contributed by atoms with E-state index in [4.69, 9.17) is 0 Å². The summed E-state index contributed by atoms with van der Waals surface area (Å²) >= 11 is 0. The second kappa shape index (κ2) is 6.75. The Labute approximate surface area is 142 Å². The Balaban J connectivity index is 1.74. The first-order valence-corrected chi connectivity index (χ1v) is 8.63. The molecule has 3 rings (SSSR count). The molecular formula is C17H25N5O2. The standard InChI is InChI=1S/C17H25N5O2/c1-12(2)16-18-8-10-22(16)13-5-4-9-21(11-13)17(24)14-6-7-15(23)20(3)19-14/h8,10,12-13H,4-7,9,11H2,1-3H3/t13-/m0/s1. The molecule has 0 aliphatic carbocycles. The minimum atomic E-state index is -0.0388. The van der Waals surface area contributed by atoms with E-state index in [0.29, 0.717) is 31.0 Å². The summed E-state index contributed by atoms with van der Waals surface area (Å²) in [4.78, 5) is 30.6. The van der Waals surface area contributed by atoms with Gasteiger partial charge in [-0.1, -0.05) is 13.8 Å². The minimum absolute atomic E-state index is 0.0368. The molecule has 24 heavy (non-hydrogen) atoms. The van der Waals surface area contributed by atoms with Gasteiger partial charge >= 0.3 is 0 Å². The lowest BCUT2D eigenvalue weighted by Crippen LogP contribution is -2.45. The fourth-order valence-electron chi connectivity index (χ4n) is 3.45. The highest BCUT2D eigenvalue weighted by Crippen LogP contribution is 2.26. The number of aromatic nitrogens is 2. The molecule has 0 aromatic carbocycles. The van der Waals surface area contributed by atoms with E-state index in [1.54, 1.807) is 7.05 Å². The zero-order valence-corrected chi connectivity index (χ0v) is 14.6. The van der Waals surface area contributed by atoms with Crippen LogP contribution in [0.5, 0.6) is 0 Å². The fourth-order valence-corrected chi connectivity index (χ4v) is 3.45. The van der Waals surface area contributed by atoms with E-state index in [9.17, 15) is 9.59 Å². The van der Waals surface area contributed by atoms with Crippen molar-refractivity contribution in [2.45, 2.75) is 51.5 Å². The molecule has 1 aromatic heterocycles. The number of piperidine rings is 1. The predicted octanol–water partition coefficient (Wildman–Crippen LogP) is 1.78. The number of imidazole rings is 1. The van der Waals surface area contributed by atoms with E-state index in [0.717, 1.165) is 25.2 Å². The molecule has 0 bridgehead atoms. The first-order valence-electron chi connectivity index (χ1n) is 8.63. The summed E-state index contributed by atoms with van der Waals surface area (Å²) in [5, 5.41) is 5.44. The number of carbonyl (C=O) groups is 2. The molecule has 7 nitrogen and oxygen atoms in total. The van der Waals surface area contributed by atoms with Gasteiger partial charge in [0.05, 0.1) is 6.04 Å². The van der Waals surface area contributed by atoms with Crippen molar-refractivity contribution in [3.8, 4) is 0 Å². The molecular weight excluding hydrogens is 306 g/mol. The summed E-state index contributed by atoms with van der Waals surface area (Å²) in [6.07, 6.45) is 6.65. The summed E-state index contributed by atoms with van der Waals surface area (Å²) < 4.78 is 2.21. The van der Waals surface area contributed by atoms with Crippen LogP contribution >= 0.6 is 0 Å². The number of likely N-dealkylation sites (tertiary alicyclic amines) is 1. The minimum Gasteiger partial charge on any atom is -0.335 e. The molecule has 7 heteroatoms. The van der Waals surface area contributed by atoms with E-state index < -0.39 is 0 Å². The van der Waals surface area contributed by atoms with Crippen LogP contribution in [0.25, 0.3) is 0 Å². The van der Waals surface area contributed by atoms with Crippen LogP contribution in [-0.2, 0) is 9.59 Å². The highest BCUT2D eigenvalue weighted by atomic mass is 16.2. The second-order valence-corrected chi connectivity index (χ2v) is 6.86. The average Bonchev–Trinajstić information content (AvgIpc) is 3.07. The summed E-state index contributed by atoms with van der Waals surface area (Å²) in [5.74, 6) is 1.34. The second-order valence-electron chi connectivity index (χ2n) is 6.86. The van der Waals surface area contributed by atoms with Crippen molar-refractivity contribution in [3.63, 3.8) is 0 Å². The van der Waals surface area contributed by atoms with Gasteiger partial charge in [-0.05, 0) is 12.8 Å². The topological polar surface area (TPSA) is 70.8 Å². The van der Waals surface area contributed by atoms with Crippen molar-refractivity contribution in [2.24, 2.45) is 5.10 Å². The number of hydrogen-bond donors (Lipinski definition) is 0. The number of hydrazone groups is 1. The normalized spacial score (nSPS) is 22.1. The molecule has 3 heterocycles. The monoisotopic (exact) mass is 331 g/mol. The highest BCUT2D eigenvalue weighted by molar-refractivity contribution is 6.39. The molecule has 130 valence electrons. The Bertz CT molecular complexity index is 664. The fraction of sp³-hybridized carbons (Fsp3) is 0.647. The largest absolute Gasteiger partial charge is 0.335 e. The number of rotatable bonds is 3. The Morgan fingerprint density at radius 1 is 1.33 bits per heavy atom. The maximum absolute atomic E-state index is 12.8. The number of amides is 2.